The van der Waals surface area contributed by atoms with Gasteiger partial charge in [0.2, 0.25) is 5.91 Å². The molecule has 0 heterocycles. The molecule has 2 bridgehead atoms. The van der Waals surface area contributed by atoms with Gasteiger partial charge in [0.1, 0.15) is 0 Å². The minimum absolute atomic E-state index is 0.0194. The molecule has 0 aliphatic heterocycles. The van der Waals surface area contributed by atoms with E-state index in [0.29, 0.717) is 10.7 Å². The van der Waals surface area contributed by atoms with E-state index in [4.69, 9.17) is 23.2 Å². The molecule has 4 nitrogen and oxygen atoms in total. The van der Waals surface area contributed by atoms with Gasteiger partial charge in [-0.1, -0.05) is 41.4 Å². The molecular weight excluding hydrogens is 313 g/mol. The van der Waals surface area contributed by atoms with E-state index in [9.17, 15) is 14.7 Å². The van der Waals surface area contributed by atoms with Crippen molar-refractivity contribution in [1.82, 2.24) is 0 Å². The van der Waals surface area contributed by atoms with Gasteiger partial charge < -0.3 is 10.4 Å². The Kier molecular flexibility index (Phi) is 3.68. The monoisotopic (exact) mass is 325 g/mol. The normalized spacial score (nSPS) is 29.6. The maximum atomic E-state index is 12.5. The first-order chi connectivity index (χ1) is 9.99. The number of allylic oxidation sites excluding steroid dienone is 2. The highest BCUT2D eigenvalue weighted by atomic mass is 35.5. The van der Waals surface area contributed by atoms with Crippen molar-refractivity contribution in [3.05, 3.63) is 40.4 Å². The fourth-order valence-electron chi connectivity index (χ4n) is 3.33. The number of rotatable bonds is 3. The molecule has 4 atom stereocenters. The van der Waals surface area contributed by atoms with Crippen LogP contribution in [0.4, 0.5) is 5.69 Å². The molecule has 21 heavy (non-hydrogen) atoms. The number of carboxylic acids is 1. The van der Waals surface area contributed by atoms with E-state index in [1.165, 1.54) is 0 Å². The summed E-state index contributed by atoms with van der Waals surface area (Å²) in [7, 11) is 0. The number of nitrogens with one attached hydrogen (secondary N) is 1. The summed E-state index contributed by atoms with van der Waals surface area (Å²) in [6, 6.07) is 4.95. The van der Waals surface area contributed by atoms with Crippen molar-refractivity contribution < 1.29 is 14.7 Å². The van der Waals surface area contributed by atoms with Crippen LogP contribution in [0.1, 0.15) is 6.42 Å². The molecule has 3 rings (SSSR count). The summed E-state index contributed by atoms with van der Waals surface area (Å²) in [5.74, 6) is -2.55. The van der Waals surface area contributed by atoms with Crippen LogP contribution in [0, 0.1) is 23.7 Å². The third-order valence-corrected chi connectivity index (χ3v) is 5.08. The lowest BCUT2D eigenvalue weighted by atomic mass is 9.82. The fourth-order valence-corrected chi connectivity index (χ4v) is 3.68. The van der Waals surface area contributed by atoms with Crippen molar-refractivity contribution in [2.24, 2.45) is 23.7 Å². The fraction of sp³-hybridized carbons (Fsp3) is 0.333. The molecule has 1 aromatic rings. The number of carboxylic acid groups (broad SMARTS) is 1. The van der Waals surface area contributed by atoms with Crippen LogP contribution in [-0.4, -0.2) is 17.0 Å². The second kappa shape index (κ2) is 5.35. The van der Waals surface area contributed by atoms with Gasteiger partial charge in [0.15, 0.2) is 0 Å². The van der Waals surface area contributed by atoms with Gasteiger partial charge in [-0.15, -0.1) is 0 Å². The van der Waals surface area contributed by atoms with Crippen LogP contribution >= 0.6 is 23.2 Å². The molecular formula is C15H13Cl2NO3. The van der Waals surface area contributed by atoms with Crippen LogP contribution in [0.5, 0.6) is 0 Å². The number of aliphatic carboxylic acids is 1. The standard InChI is InChI=1S/C15H13Cl2NO3/c16-9-2-1-3-10(13(9)17)18-14(19)11-7-4-5-8(6-7)12(11)15(20)21/h1-5,7-8,11-12H,6H2,(H,18,19)(H,20,21)/t7?,8?,11-,12+/m0/s1. The highest BCUT2D eigenvalue weighted by Gasteiger charge is 2.51. The van der Waals surface area contributed by atoms with E-state index >= 15 is 0 Å². The molecule has 2 aliphatic rings. The Balaban J connectivity index is 1.84. The van der Waals surface area contributed by atoms with Gasteiger partial charge >= 0.3 is 5.97 Å². The van der Waals surface area contributed by atoms with Crippen LogP contribution in [-0.2, 0) is 9.59 Å². The summed E-state index contributed by atoms with van der Waals surface area (Å²) < 4.78 is 0. The topological polar surface area (TPSA) is 66.4 Å². The lowest BCUT2D eigenvalue weighted by Crippen LogP contribution is -2.36. The molecule has 0 aromatic heterocycles. The molecule has 1 saturated carbocycles. The lowest BCUT2D eigenvalue weighted by molar-refractivity contribution is -0.146. The lowest BCUT2D eigenvalue weighted by Gasteiger charge is -2.24. The Morgan fingerprint density at radius 3 is 2.48 bits per heavy atom. The number of halogens is 2. The number of hydrogen-bond acceptors (Lipinski definition) is 2. The van der Waals surface area contributed by atoms with E-state index in [1.807, 2.05) is 12.2 Å². The second-order valence-electron chi connectivity index (χ2n) is 5.43. The molecule has 1 fully saturated rings. The molecule has 0 saturated heterocycles. The highest BCUT2D eigenvalue weighted by molar-refractivity contribution is 6.44. The van der Waals surface area contributed by atoms with Gasteiger partial charge in [-0.05, 0) is 30.4 Å². The van der Waals surface area contributed by atoms with Crippen molar-refractivity contribution in [1.29, 1.82) is 0 Å². The minimum atomic E-state index is -0.927. The number of fused-ring (bicyclic) bond motifs is 2. The first-order valence-corrected chi connectivity index (χ1v) is 7.40. The zero-order chi connectivity index (χ0) is 15.1. The molecule has 2 N–H and O–H groups in total. The molecule has 110 valence electrons. The van der Waals surface area contributed by atoms with Crippen molar-refractivity contribution in [2.45, 2.75) is 6.42 Å². The van der Waals surface area contributed by atoms with Crippen molar-refractivity contribution >= 4 is 40.8 Å². The van der Waals surface area contributed by atoms with Crippen molar-refractivity contribution in [2.75, 3.05) is 5.32 Å². The average molecular weight is 326 g/mol. The van der Waals surface area contributed by atoms with Crippen LogP contribution < -0.4 is 5.32 Å². The van der Waals surface area contributed by atoms with Crippen LogP contribution in [0.15, 0.2) is 30.4 Å². The Labute approximate surface area is 131 Å². The predicted octanol–water partition coefficient (Wildman–Crippen LogP) is 3.45. The summed E-state index contributed by atoms with van der Waals surface area (Å²) in [4.78, 5) is 23.9. The van der Waals surface area contributed by atoms with Gasteiger partial charge in [0.25, 0.3) is 0 Å². The maximum Gasteiger partial charge on any atom is 0.307 e. The van der Waals surface area contributed by atoms with Gasteiger partial charge in [-0.2, -0.15) is 0 Å². The van der Waals surface area contributed by atoms with E-state index in [1.54, 1.807) is 18.2 Å². The molecule has 2 unspecified atom stereocenters. The van der Waals surface area contributed by atoms with E-state index in [0.717, 1.165) is 6.42 Å². The first kappa shape index (κ1) is 14.4. The quantitative estimate of drug-likeness (QED) is 0.836. The number of carbonyl (C=O) groups excluding carboxylic acids is 1. The zero-order valence-electron chi connectivity index (χ0n) is 10.9. The Morgan fingerprint density at radius 1 is 1.14 bits per heavy atom. The smallest absolute Gasteiger partial charge is 0.307 e. The summed E-state index contributed by atoms with van der Waals surface area (Å²) in [6.07, 6.45) is 4.56. The van der Waals surface area contributed by atoms with Gasteiger partial charge in [0.05, 0.1) is 27.6 Å². The minimum Gasteiger partial charge on any atom is -0.481 e. The molecule has 0 radical (unpaired) electrons. The number of anilines is 1. The third kappa shape index (κ3) is 2.43. The molecule has 0 spiro atoms. The molecule has 6 heteroatoms. The Morgan fingerprint density at radius 2 is 1.81 bits per heavy atom. The maximum absolute atomic E-state index is 12.5. The van der Waals surface area contributed by atoms with Crippen molar-refractivity contribution in [3.8, 4) is 0 Å². The van der Waals surface area contributed by atoms with E-state index < -0.39 is 17.8 Å². The van der Waals surface area contributed by atoms with Crippen molar-refractivity contribution in [3.63, 3.8) is 0 Å². The Bertz CT molecular complexity index is 644. The van der Waals surface area contributed by atoms with E-state index in [2.05, 4.69) is 5.32 Å². The second-order valence-corrected chi connectivity index (χ2v) is 6.21. The highest BCUT2D eigenvalue weighted by Crippen LogP contribution is 2.48. The number of benzene rings is 1. The van der Waals surface area contributed by atoms with Crippen LogP contribution in [0.25, 0.3) is 0 Å². The zero-order valence-corrected chi connectivity index (χ0v) is 12.4. The summed E-state index contributed by atoms with van der Waals surface area (Å²) in [5, 5.41) is 12.7. The SMILES string of the molecule is O=C(O)[C@@H]1C2C=CC(C2)[C@@H]1C(=O)Nc1cccc(Cl)c1Cl. The third-order valence-electron chi connectivity index (χ3n) is 4.26. The summed E-state index contributed by atoms with van der Waals surface area (Å²) >= 11 is 12.0. The number of amides is 1. The largest absolute Gasteiger partial charge is 0.481 e. The molecule has 2 aliphatic carbocycles. The Hall–Kier alpha value is -1.52. The van der Waals surface area contributed by atoms with E-state index in [-0.39, 0.29) is 22.8 Å². The summed E-state index contributed by atoms with van der Waals surface area (Å²) in [5.41, 5.74) is 0.407. The average Bonchev–Trinajstić information content (AvgIpc) is 3.04. The first-order valence-electron chi connectivity index (χ1n) is 6.65. The molecule has 1 amide bonds. The van der Waals surface area contributed by atoms with Crippen LogP contribution in [0.2, 0.25) is 10.0 Å². The van der Waals surface area contributed by atoms with Gasteiger partial charge in [0, 0.05) is 0 Å². The van der Waals surface area contributed by atoms with Gasteiger partial charge in [-0.3, -0.25) is 9.59 Å². The number of hydrogen-bond donors (Lipinski definition) is 2. The van der Waals surface area contributed by atoms with Crippen LogP contribution in [0.3, 0.4) is 0 Å². The molecule has 1 aromatic carbocycles. The summed E-state index contributed by atoms with van der Waals surface area (Å²) in [6.45, 7) is 0. The predicted molar refractivity (Wildman–Crippen MR) is 80.4 cm³/mol. The van der Waals surface area contributed by atoms with Gasteiger partial charge in [-0.25, -0.2) is 0 Å². The number of carbonyl (C=O) groups is 2.